The second kappa shape index (κ2) is 8.92. The number of hydrogen-bond acceptors (Lipinski definition) is 6. The molecule has 0 unspecified atom stereocenters. The minimum absolute atomic E-state index is 0.0960. The second-order valence-corrected chi connectivity index (χ2v) is 6.55. The molecule has 2 heterocycles. The molecular weight excluding hydrogens is 373 g/mol. The third kappa shape index (κ3) is 5.58. The van der Waals surface area contributed by atoms with Gasteiger partial charge in [-0.15, -0.1) is 0 Å². The first-order valence-corrected chi connectivity index (χ1v) is 8.89. The van der Waals surface area contributed by atoms with Crippen LogP contribution in [0.5, 0.6) is 0 Å². The molecule has 0 aliphatic rings. The molecule has 0 atom stereocenters. The van der Waals surface area contributed by atoms with E-state index in [1.807, 2.05) is 24.3 Å². The van der Waals surface area contributed by atoms with Gasteiger partial charge in [-0.3, -0.25) is 14.6 Å². The Kier molecular flexibility index (Phi) is 6.13. The van der Waals surface area contributed by atoms with Gasteiger partial charge in [0.15, 0.2) is 0 Å². The third-order valence-electron chi connectivity index (χ3n) is 4.09. The average Bonchev–Trinajstić information content (AvgIpc) is 2.67. The molecular formula is C21H20FN5O2. The van der Waals surface area contributed by atoms with E-state index in [1.165, 1.54) is 18.5 Å². The standard InChI is InChI=1S/C21H20FN5O2/c1-13(28)6-14-2-4-17(5-3-14)27-20-8-19(18(12-26-20)21(23)29)25-10-15-7-16(22)11-24-9-15/h2-5,7-9,11-12H,6,10H2,1H3,(H2,23,29)(H2,25,26,27). The Morgan fingerprint density at radius 2 is 1.83 bits per heavy atom. The van der Waals surface area contributed by atoms with E-state index in [9.17, 15) is 14.0 Å². The Labute approximate surface area is 167 Å². The first-order chi connectivity index (χ1) is 13.9. The molecule has 0 saturated heterocycles. The molecule has 2 aromatic heterocycles. The Balaban J connectivity index is 1.77. The summed E-state index contributed by atoms with van der Waals surface area (Å²) in [5.41, 5.74) is 8.43. The maximum Gasteiger partial charge on any atom is 0.252 e. The van der Waals surface area contributed by atoms with E-state index in [-0.39, 0.29) is 17.9 Å². The number of halogens is 1. The van der Waals surface area contributed by atoms with Crippen molar-refractivity contribution in [2.24, 2.45) is 5.73 Å². The van der Waals surface area contributed by atoms with Crippen molar-refractivity contribution >= 4 is 28.9 Å². The van der Waals surface area contributed by atoms with Gasteiger partial charge in [-0.05, 0) is 36.2 Å². The lowest BCUT2D eigenvalue weighted by molar-refractivity contribution is -0.116. The highest BCUT2D eigenvalue weighted by molar-refractivity contribution is 5.98. The number of Topliss-reactive ketones (excluding diaryl/α,β-unsaturated/α-hetero) is 1. The van der Waals surface area contributed by atoms with Crippen molar-refractivity contribution in [2.75, 3.05) is 10.6 Å². The predicted molar refractivity (Wildman–Crippen MR) is 108 cm³/mol. The van der Waals surface area contributed by atoms with E-state index in [2.05, 4.69) is 20.6 Å². The van der Waals surface area contributed by atoms with Gasteiger partial charge in [0.1, 0.15) is 17.4 Å². The van der Waals surface area contributed by atoms with Gasteiger partial charge in [0.25, 0.3) is 5.91 Å². The summed E-state index contributed by atoms with van der Waals surface area (Å²) < 4.78 is 13.3. The van der Waals surface area contributed by atoms with Gasteiger partial charge in [-0.1, -0.05) is 12.1 Å². The van der Waals surface area contributed by atoms with Crippen LogP contribution in [-0.4, -0.2) is 21.7 Å². The zero-order chi connectivity index (χ0) is 20.8. The Hall–Kier alpha value is -3.81. The first kappa shape index (κ1) is 19.9. The molecule has 1 aromatic carbocycles. The number of benzene rings is 1. The van der Waals surface area contributed by atoms with E-state index in [1.54, 1.807) is 13.0 Å². The van der Waals surface area contributed by atoms with Crippen molar-refractivity contribution in [3.05, 3.63) is 77.5 Å². The number of carbonyl (C=O) groups excluding carboxylic acids is 2. The number of hydrogen-bond donors (Lipinski definition) is 3. The summed E-state index contributed by atoms with van der Waals surface area (Å²) in [6.45, 7) is 1.80. The number of nitrogens with zero attached hydrogens (tertiary/aromatic N) is 2. The molecule has 3 aromatic rings. The molecule has 0 spiro atoms. The average molecular weight is 393 g/mol. The van der Waals surface area contributed by atoms with Crippen LogP contribution < -0.4 is 16.4 Å². The summed E-state index contributed by atoms with van der Waals surface area (Å²) in [6, 6.07) is 10.4. The van der Waals surface area contributed by atoms with Crippen LogP contribution in [0.3, 0.4) is 0 Å². The lowest BCUT2D eigenvalue weighted by Crippen LogP contribution is -2.15. The SMILES string of the molecule is CC(=O)Cc1ccc(Nc2cc(NCc3cncc(F)c3)c(C(N)=O)cn2)cc1. The number of rotatable bonds is 8. The van der Waals surface area contributed by atoms with E-state index >= 15 is 0 Å². The molecule has 0 bridgehead atoms. The predicted octanol–water partition coefficient (Wildman–Crippen LogP) is 3.20. The molecule has 4 N–H and O–H groups in total. The smallest absolute Gasteiger partial charge is 0.252 e. The number of primary amides is 1. The van der Waals surface area contributed by atoms with Crippen molar-refractivity contribution in [3.8, 4) is 0 Å². The zero-order valence-corrected chi connectivity index (χ0v) is 15.8. The van der Waals surface area contributed by atoms with Gasteiger partial charge < -0.3 is 16.4 Å². The minimum atomic E-state index is -0.627. The Morgan fingerprint density at radius 1 is 1.07 bits per heavy atom. The molecule has 0 aliphatic heterocycles. The van der Waals surface area contributed by atoms with Crippen LogP contribution in [0.4, 0.5) is 21.6 Å². The summed E-state index contributed by atoms with van der Waals surface area (Å²) in [5.74, 6) is -0.477. The number of carbonyl (C=O) groups is 2. The molecule has 148 valence electrons. The maximum absolute atomic E-state index is 13.3. The maximum atomic E-state index is 13.3. The molecule has 1 amide bonds. The van der Waals surface area contributed by atoms with Gasteiger partial charge in [0.2, 0.25) is 0 Å². The Morgan fingerprint density at radius 3 is 2.48 bits per heavy atom. The van der Waals surface area contributed by atoms with Crippen LogP contribution >= 0.6 is 0 Å². The molecule has 0 fully saturated rings. The van der Waals surface area contributed by atoms with Gasteiger partial charge in [0.05, 0.1) is 17.4 Å². The van der Waals surface area contributed by atoms with E-state index < -0.39 is 11.7 Å². The molecule has 0 aliphatic carbocycles. The van der Waals surface area contributed by atoms with Crippen LogP contribution in [0.1, 0.15) is 28.4 Å². The Bertz CT molecular complexity index is 1040. The molecule has 7 nitrogen and oxygen atoms in total. The molecule has 8 heteroatoms. The van der Waals surface area contributed by atoms with E-state index in [4.69, 9.17) is 5.73 Å². The van der Waals surface area contributed by atoms with E-state index in [0.29, 0.717) is 23.5 Å². The lowest BCUT2D eigenvalue weighted by Gasteiger charge is -2.13. The second-order valence-electron chi connectivity index (χ2n) is 6.55. The van der Waals surface area contributed by atoms with Crippen molar-refractivity contribution in [2.45, 2.75) is 19.9 Å². The number of anilines is 3. The topological polar surface area (TPSA) is 110 Å². The van der Waals surface area contributed by atoms with Crippen molar-refractivity contribution in [1.29, 1.82) is 0 Å². The van der Waals surface area contributed by atoms with Gasteiger partial charge in [-0.2, -0.15) is 0 Å². The van der Waals surface area contributed by atoms with Crippen LogP contribution in [0.25, 0.3) is 0 Å². The monoisotopic (exact) mass is 393 g/mol. The quantitative estimate of drug-likeness (QED) is 0.542. The molecule has 0 saturated carbocycles. The highest BCUT2D eigenvalue weighted by Crippen LogP contribution is 2.22. The first-order valence-electron chi connectivity index (χ1n) is 8.89. The van der Waals surface area contributed by atoms with Crippen LogP contribution in [0.2, 0.25) is 0 Å². The highest BCUT2D eigenvalue weighted by Gasteiger charge is 2.11. The third-order valence-corrected chi connectivity index (χ3v) is 4.09. The number of amides is 1. The fourth-order valence-corrected chi connectivity index (χ4v) is 2.76. The van der Waals surface area contributed by atoms with Crippen molar-refractivity contribution in [3.63, 3.8) is 0 Å². The van der Waals surface area contributed by atoms with Crippen LogP contribution in [0.15, 0.2) is 55.0 Å². The lowest BCUT2D eigenvalue weighted by atomic mass is 10.1. The van der Waals surface area contributed by atoms with Crippen LogP contribution in [0, 0.1) is 5.82 Å². The summed E-state index contributed by atoms with van der Waals surface area (Å²) in [4.78, 5) is 30.9. The fraction of sp³-hybridized carbons (Fsp3) is 0.143. The number of nitrogens with two attached hydrogens (primary N) is 1. The van der Waals surface area contributed by atoms with E-state index in [0.717, 1.165) is 17.4 Å². The van der Waals surface area contributed by atoms with Gasteiger partial charge in [-0.25, -0.2) is 9.37 Å². The normalized spacial score (nSPS) is 10.4. The number of nitrogens with one attached hydrogen (secondary N) is 2. The summed E-state index contributed by atoms with van der Waals surface area (Å²) in [6.07, 6.45) is 4.41. The molecule has 29 heavy (non-hydrogen) atoms. The minimum Gasteiger partial charge on any atom is -0.380 e. The summed E-state index contributed by atoms with van der Waals surface area (Å²) in [7, 11) is 0. The molecule has 3 rings (SSSR count). The fourth-order valence-electron chi connectivity index (χ4n) is 2.76. The number of aromatic nitrogens is 2. The molecule has 0 radical (unpaired) electrons. The van der Waals surface area contributed by atoms with Crippen molar-refractivity contribution < 1.29 is 14.0 Å². The number of pyridine rings is 2. The largest absolute Gasteiger partial charge is 0.380 e. The summed E-state index contributed by atoms with van der Waals surface area (Å²) >= 11 is 0. The van der Waals surface area contributed by atoms with Crippen molar-refractivity contribution in [1.82, 2.24) is 9.97 Å². The van der Waals surface area contributed by atoms with Gasteiger partial charge >= 0.3 is 0 Å². The van der Waals surface area contributed by atoms with Crippen LogP contribution in [-0.2, 0) is 17.8 Å². The van der Waals surface area contributed by atoms with Gasteiger partial charge in [0, 0.05) is 37.1 Å². The summed E-state index contributed by atoms with van der Waals surface area (Å²) in [5, 5.41) is 6.21. The zero-order valence-electron chi connectivity index (χ0n) is 15.8. The highest BCUT2D eigenvalue weighted by atomic mass is 19.1. The number of ketones is 1.